The molecule has 4 N–H and O–H groups in total. The van der Waals surface area contributed by atoms with Crippen LogP contribution in [-0.2, 0) is 12.0 Å². The second-order valence-corrected chi connectivity index (χ2v) is 16.2. The maximum Gasteiger partial charge on any atom is 0.0852 e. The molecule has 12 rings (SSSR count). The largest absolute Gasteiger partial charge is 0.312 e. The highest BCUT2D eigenvalue weighted by Gasteiger charge is 2.52. The molecule has 9 aromatic carbocycles. The van der Waals surface area contributed by atoms with Gasteiger partial charge in [0.1, 0.15) is 0 Å². The molecule has 3 unspecified atom stereocenters. The fourth-order valence-corrected chi connectivity index (χ4v) is 10.6. The van der Waals surface area contributed by atoms with Crippen molar-refractivity contribution in [3.63, 3.8) is 0 Å². The summed E-state index contributed by atoms with van der Waals surface area (Å²) in [4.78, 5) is 0. The molecule has 0 bridgehead atoms. The first kappa shape index (κ1) is 34.2. The molecule has 0 saturated heterocycles. The van der Waals surface area contributed by atoms with E-state index in [0.717, 1.165) is 11.1 Å². The van der Waals surface area contributed by atoms with E-state index < -0.39 is 11.6 Å². The van der Waals surface area contributed by atoms with Crippen LogP contribution in [0.4, 0.5) is 0 Å². The predicted octanol–water partition coefficient (Wildman–Crippen LogP) is 12.5. The molecule has 0 aliphatic heterocycles. The van der Waals surface area contributed by atoms with Gasteiger partial charge in [-0.05, 0) is 111 Å². The van der Waals surface area contributed by atoms with Crippen LogP contribution in [0.3, 0.4) is 0 Å². The fraction of sp³-hybridized carbons (Fsp3) is 0.0714. The molecule has 9 aromatic rings. The Morgan fingerprint density at radius 1 is 0.424 bits per heavy atom. The molecular formula is C56H41N3. The second-order valence-electron chi connectivity index (χ2n) is 16.2. The van der Waals surface area contributed by atoms with Crippen LogP contribution in [0.2, 0.25) is 0 Å². The van der Waals surface area contributed by atoms with E-state index in [4.69, 9.17) is 5.73 Å². The van der Waals surface area contributed by atoms with Crippen LogP contribution in [-0.4, -0.2) is 0 Å². The number of hydrogen-bond donors (Lipinski definition) is 3. The van der Waals surface area contributed by atoms with Crippen molar-refractivity contribution in [3.05, 3.63) is 239 Å². The number of fused-ring (bicyclic) bond motifs is 14. The van der Waals surface area contributed by atoms with E-state index in [2.05, 4.69) is 211 Å². The van der Waals surface area contributed by atoms with Crippen LogP contribution in [0.1, 0.15) is 51.3 Å². The third-order valence-electron chi connectivity index (χ3n) is 13.2. The fourth-order valence-electron chi connectivity index (χ4n) is 10.6. The van der Waals surface area contributed by atoms with Gasteiger partial charge in [0.05, 0.1) is 17.7 Å². The van der Waals surface area contributed by atoms with Crippen molar-refractivity contribution >= 4 is 10.8 Å². The van der Waals surface area contributed by atoms with Gasteiger partial charge in [0.2, 0.25) is 0 Å². The van der Waals surface area contributed by atoms with E-state index >= 15 is 0 Å². The molecule has 3 aliphatic rings. The lowest BCUT2D eigenvalue weighted by atomic mass is 9.69. The molecule has 3 nitrogen and oxygen atoms in total. The molecule has 3 aliphatic carbocycles. The number of hydrogen-bond acceptors (Lipinski definition) is 3. The second kappa shape index (κ2) is 13.3. The van der Waals surface area contributed by atoms with E-state index in [1.807, 2.05) is 0 Å². The molecule has 0 saturated carbocycles. The number of rotatable bonds is 8. The standard InChI is InChI=1S/C56H41N3/c57-54(59-55(38-16-5-2-6-17-38)58-34-35-26-28-37(29-27-35)36-14-3-1-4-15-36)39-30-31-43-42-20-9-11-24-48(42)56(50(43)32-39)49-25-12-10-21-45(49)53-46-23-13-22-44-40-18-7-8-19-41(40)47(52(44)46)33-51(53)56/h1-33,54-55,58-59H,34,57H2. The minimum Gasteiger partial charge on any atom is -0.312 e. The molecule has 59 heavy (non-hydrogen) atoms. The van der Waals surface area contributed by atoms with E-state index in [-0.39, 0.29) is 6.17 Å². The first-order chi connectivity index (χ1) is 29.2. The normalized spacial score (nSPS) is 16.0. The molecular weight excluding hydrogens is 715 g/mol. The average molecular weight is 756 g/mol. The molecule has 0 heterocycles. The Morgan fingerprint density at radius 2 is 1.02 bits per heavy atom. The van der Waals surface area contributed by atoms with E-state index in [9.17, 15) is 0 Å². The van der Waals surface area contributed by atoms with Gasteiger partial charge < -0.3 is 5.73 Å². The van der Waals surface area contributed by atoms with Crippen LogP contribution in [0.25, 0.3) is 66.4 Å². The van der Waals surface area contributed by atoms with E-state index in [1.54, 1.807) is 0 Å². The van der Waals surface area contributed by atoms with Crippen molar-refractivity contribution < 1.29 is 0 Å². The quantitative estimate of drug-likeness (QED) is 0.135. The summed E-state index contributed by atoms with van der Waals surface area (Å²) in [5.41, 5.74) is 28.4. The van der Waals surface area contributed by atoms with Crippen molar-refractivity contribution in [2.24, 2.45) is 5.73 Å². The average Bonchev–Trinajstić information content (AvgIpc) is 3.91. The van der Waals surface area contributed by atoms with Crippen molar-refractivity contribution in [2.45, 2.75) is 24.3 Å². The van der Waals surface area contributed by atoms with Gasteiger partial charge in [0, 0.05) is 6.54 Å². The Bertz CT molecular complexity index is 3100. The summed E-state index contributed by atoms with van der Waals surface area (Å²) in [6, 6.07) is 73.3. The summed E-state index contributed by atoms with van der Waals surface area (Å²) < 4.78 is 0. The Balaban J connectivity index is 0.964. The zero-order valence-corrected chi connectivity index (χ0v) is 32.5. The molecule has 0 fully saturated rings. The van der Waals surface area contributed by atoms with Gasteiger partial charge in [-0.2, -0.15) is 0 Å². The van der Waals surface area contributed by atoms with E-state index in [0.29, 0.717) is 6.54 Å². The Kier molecular flexibility index (Phi) is 7.73. The van der Waals surface area contributed by atoms with Crippen molar-refractivity contribution in [3.8, 4) is 55.6 Å². The Labute approximate surface area is 344 Å². The molecule has 0 amide bonds. The lowest BCUT2D eigenvalue weighted by Crippen LogP contribution is -2.40. The SMILES string of the molecule is NC(NC(NCc1ccc(-c2ccccc2)cc1)c1ccccc1)c1ccc2c(c1)C1(c3ccccc3-2)c2ccccc2-c2c1cc1c3c(cccc23)-c2ccccc2-1. The van der Waals surface area contributed by atoms with Crippen molar-refractivity contribution in [1.82, 2.24) is 10.6 Å². The van der Waals surface area contributed by atoms with Crippen molar-refractivity contribution in [2.75, 3.05) is 0 Å². The number of benzene rings is 9. The molecule has 0 radical (unpaired) electrons. The zero-order valence-electron chi connectivity index (χ0n) is 32.5. The van der Waals surface area contributed by atoms with Gasteiger partial charge in [0.25, 0.3) is 0 Å². The summed E-state index contributed by atoms with van der Waals surface area (Å²) in [6.45, 7) is 0.686. The Morgan fingerprint density at radius 3 is 1.78 bits per heavy atom. The van der Waals surface area contributed by atoms with Crippen LogP contribution in [0, 0.1) is 0 Å². The summed E-state index contributed by atoms with van der Waals surface area (Å²) in [5.74, 6) is 0. The van der Waals surface area contributed by atoms with Crippen LogP contribution in [0.5, 0.6) is 0 Å². The van der Waals surface area contributed by atoms with Gasteiger partial charge in [-0.1, -0.05) is 194 Å². The summed E-state index contributed by atoms with van der Waals surface area (Å²) in [5, 5.41) is 10.3. The highest BCUT2D eigenvalue weighted by atomic mass is 15.2. The maximum atomic E-state index is 7.29. The molecule has 0 aromatic heterocycles. The van der Waals surface area contributed by atoms with Crippen LogP contribution < -0.4 is 16.4 Å². The van der Waals surface area contributed by atoms with Gasteiger partial charge in [-0.3, -0.25) is 10.6 Å². The molecule has 3 heteroatoms. The number of nitrogens with one attached hydrogen (secondary N) is 2. The van der Waals surface area contributed by atoms with E-state index in [1.165, 1.54) is 94.2 Å². The Hall–Kier alpha value is -6.88. The molecule has 1 spiro atoms. The highest BCUT2D eigenvalue weighted by Crippen LogP contribution is 2.65. The zero-order chi connectivity index (χ0) is 39.1. The third-order valence-corrected chi connectivity index (χ3v) is 13.2. The summed E-state index contributed by atoms with van der Waals surface area (Å²) in [7, 11) is 0. The first-order valence-corrected chi connectivity index (χ1v) is 20.7. The maximum absolute atomic E-state index is 7.29. The third kappa shape index (κ3) is 5.06. The van der Waals surface area contributed by atoms with Gasteiger partial charge in [-0.15, -0.1) is 0 Å². The minimum absolute atomic E-state index is 0.183. The number of nitrogens with two attached hydrogens (primary N) is 1. The van der Waals surface area contributed by atoms with Gasteiger partial charge in [-0.25, -0.2) is 0 Å². The molecule has 3 atom stereocenters. The monoisotopic (exact) mass is 755 g/mol. The molecule has 280 valence electrons. The minimum atomic E-state index is -0.505. The van der Waals surface area contributed by atoms with Crippen LogP contribution >= 0.6 is 0 Å². The smallest absolute Gasteiger partial charge is 0.0852 e. The summed E-state index contributed by atoms with van der Waals surface area (Å²) in [6.07, 6.45) is -0.629. The van der Waals surface area contributed by atoms with Gasteiger partial charge >= 0.3 is 0 Å². The van der Waals surface area contributed by atoms with Crippen LogP contribution in [0.15, 0.2) is 200 Å². The lowest BCUT2D eigenvalue weighted by molar-refractivity contribution is 0.385. The van der Waals surface area contributed by atoms with Gasteiger partial charge in [0.15, 0.2) is 0 Å². The summed E-state index contributed by atoms with van der Waals surface area (Å²) >= 11 is 0. The topological polar surface area (TPSA) is 50.1 Å². The highest BCUT2D eigenvalue weighted by molar-refractivity contribution is 6.21. The lowest BCUT2D eigenvalue weighted by Gasteiger charge is -2.32. The first-order valence-electron chi connectivity index (χ1n) is 20.7. The predicted molar refractivity (Wildman–Crippen MR) is 243 cm³/mol. The van der Waals surface area contributed by atoms with Crippen molar-refractivity contribution in [1.29, 1.82) is 0 Å².